The van der Waals surface area contributed by atoms with Gasteiger partial charge in [0.2, 0.25) is 5.95 Å². The van der Waals surface area contributed by atoms with Crippen molar-refractivity contribution in [3.05, 3.63) is 53.3 Å². The number of halogens is 3. The molecule has 3 aromatic rings. The summed E-state index contributed by atoms with van der Waals surface area (Å²) in [6.45, 7) is 1.75. The van der Waals surface area contributed by atoms with Crippen LogP contribution in [0.4, 0.5) is 19.1 Å². The Hall–Kier alpha value is -2.50. The van der Waals surface area contributed by atoms with E-state index in [4.69, 9.17) is 5.73 Å². The number of aryl methyl sites for hydroxylation is 1. The zero-order valence-corrected chi connectivity index (χ0v) is 10.5. The molecule has 0 radical (unpaired) electrons. The highest BCUT2D eigenvalue weighted by molar-refractivity contribution is 5.81. The molecular formula is C14H10F3N3. The molecule has 102 valence electrons. The first-order chi connectivity index (χ1) is 9.47. The van der Waals surface area contributed by atoms with Gasteiger partial charge in [0, 0.05) is 12.1 Å². The summed E-state index contributed by atoms with van der Waals surface area (Å²) in [5.74, 6) is -2.05. The van der Waals surface area contributed by atoms with Gasteiger partial charge in [0.1, 0.15) is 17.2 Å². The molecule has 0 aliphatic heterocycles. The molecule has 0 amide bonds. The average molecular weight is 277 g/mol. The van der Waals surface area contributed by atoms with E-state index < -0.39 is 17.5 Å². The number of aromatic nitrogens is 2. The SMILES string of the molecule is Cc1ccc(F)cc1-n1c(N)nc2c(F)cc(F)cc21. The molecule has 20 heavy (non-hydrogen) atoms. The fraction of sp³-hybridized carbons (Fsp3) is 0.0714. The van der Waals surface area contributed by atoms with Crippen LogP contribution in [0.1, 0.15) is 5.56 Å². The summed E-state index contributed by atoms with van der Waals surface area (Å²) in [5.41, 5.74) is 6.98. The Labute approximate surface area is 112 Å². The lowest BCUT2D eigenvalue weighted by Crippen LogP contribution is -2.03. The number of hydrogen-bond donors (Lipinski definition) is 1. The van der Waals surface area contributed by atoms with Crippen molar-refractivity contribution in [2.24, 2.45) is 0 Å². The standard InChI is InChI=1S/C14H10F3N3/c1-7-2-3-8(15)5-11(7)20-12-6-9(16)4-10(17)13(12)19-14(20)18/h2-6H,1H3,(H2,18,19). The Morgan fingerprint density at radius 1 is 1.05 bits per heavy atom. The molecule has 0 saturated heterocycles. The summed E-state index contributed by atoms with van der Waals surface area (Å²) in [5, 5.41) is 0. The van der Waals surface area contributed by atoms with Crippen molar-refractivity contribution < 1.29 is 13.2 Å². The van der Waals surface area contributed by atoms with Crippen LogP contribution in [0.3, 0.4) is 0 Å². The monoisotopic (exact) mass is 277 g/mol. The molecule has 0 aliphatic rings. The van der Waals surface area contributed by atoms with Gasteiger partial charge in [-0.15, -0.1) is 0 Å². The minimum absolute atomic E-state index is 0.0294. The van der Waals surface area contributed by atoms with Gasteiger partial charge < -0.3 is 5.73 Å². The molecule has 0 atom stereocenters. The van der Waals surface area contributed by atoms with Crippen LogP contribution in [-0.2, 0) is 0 Å². The Morgan fingerprint density at radius 2 is 1.80 bits per heavy atom. The van der Waals surface area contributed by atoms with Crippen LogP contribution in [0.15, 0.2) is 30.3 Å². The number of benzene rings is 2. The predicted molar refractivity (Wildman–Crippen MR) is 70.1 cm³/mol. The maximum absolute atomic E-state index is 13.7. The molecule has 0 spiro atoms. The molecular weight excluding hydrogens is 267 g/mol. The smallest absolute Gasteiger partial charge is 0.206 e. The molecule has 6 heteroatoms. The second-order valence-electron chi connectivity index (χ2n) is 4.49. The molecule has 0 unspecified atom stereocenters. The number of nitrogens with two attached hydrogens (primary N) is 1. The van der Waals surface area contributed by atoms with E-state index >= 15 is 0 Å². The summed E-state index contributed by atoms with van der Waals surface area (Å²) < 4.78 is 41.8. The number of fused-ring (bicyclic) bond motifs is 1. The quantitative estimate of drug-likeness (QED) is 0.741. The van der Waals surface area contributed by atoms with Crippen LogP contribution in [0.25, 0.3) is 16.7 Å². The Kier molecular flexibility index (Phi) is 2.67. The van der Waals surface area contributed by atoms with Gasteiger partial charge in [0.05, 0.1) is 11.2 Å². The van der Waals surface area contributed by atoms with Gasteiger partial charge in [0.25, 0.3) is 0 Å². The highest BCUT2D eigenvalue weighted by atomic mass is 19.1. The van der Waals surface area contributed by atoms with E-state index in [1.807, 2.05) is 0 Å². The van der Waals surface area contributed by atoms with E-state index in [9.17, 15) is 13.2 Å². The number of hydrogen-bond acceptors (Lipinski definition) is 2. The van der Waals surface area contributed by atoms with Gasteiger partial charge in [-0.2, -0.15) is 0 Å². The van der Waals surface area contributed by atoms with Crippen LogP contribution in [0.2, 0.25) is 0 Å². The van der Waals surface area contributed by atoms with Crippen molar-refractivity contribution in [3.8, 4) is 5.69 Å². The van der Waals surface area contributed by atoms with Crippen LogP contribution in [0.5, 0.6) is 0 Å². The molecule has 3 nitrogen and oxygen atoms in total. The number of nitrogens with zero attached hydrogens (tertiary/aromatic N) is 2. The number of nitrogen functional groups attached to an aromatic ring is 1. The lowest BCUT2D eigenvalue weighted by molar-refractivity contribution is 0.590. The van der Waals surface area contributed by atoms with Crippen molar-refractivity contribution in [1.82, 2.24) is 9.55 Å². The maximum atomic E-state index is 13.7. The molecule has 0 saturated carbocycles. The fourth-order valence-corrected chi connectivity index (χ4v) is 2.20. The summed E-state index contributed by atoms with van der Waals surface area (Å²) in [6, 6.07) is 5.96. The zero-order valence-electron chi connectivity index (χ0n) is 10.5. The molecule has 0 aliphatic carbocycles. The lowest BCUT2D eigenvalue weighted by Gasteiger charge is -2.10. The fourth-order valence-electron chi connectivity index (χ4n) is 2.20. The summed E-state index contributed by atoms with van der Waals surface area (Å²) in [6.07, 6.45) is 0. The van der Waals surface area contributed by atoms with Crippen molar-refractivity contribution in [2.45, 2.75) is 6.92 Å². The third-order valence-corrected chi connectivity index (χ3v) is 3.12. The second-order valence-corrected chi connectivity index (χ2v) is 4.49. The van der Waals surface area contributed by atoms with Crippen LogP contribution < -0.4 is 5.73 Å². The molecule has 0 bridgehead atoms. The minimum atomic E-state index is -0.806. The molecule has 0 fully saturated rings. The van der Waals surface area contributed by atoms with Crippen LogP contribution >= 0.6 is 0 Å². The molecule has 1 aromatic heterocycles. The van der Waals surface area contributed by atoms with Gasteiger partial charge in [-0.25, -0.2) is 18.2 Å². The maximum Gasteiger partial charge on any atom is 0.206 e. The number of rotatable bonds is 1. The van der Waals surface area contributed by atoms with E-state index in [2.05, 4.69) is 4.98 Å². The summed E-state index contributed by atoms with van der Waals surface area (Å²) >= 11 is 0. The van der Waals surface area contributed by atoms with Crippen LogP contribution in [-0.4, -0.2) is 9.55 Å². The van der Waals surface area contributed by atoms with E-state index in [-0.39, 0.29) is 17.0 Å². The lowest BCUT2D eigenvalue weighted by atomic mass is 10.2. The summed E-state index contributed by atoms with van der Waals surface area (Å²) in [4.78, 5) is 3.88. The van der Waals surface area contributed by atoms with E-state index in [1.54, 1.807) is 13.0 Å². The van der Waals surface area contributed by atoms with Gasteiger partial charge in [0.15, 0.2) is 5.82 Å². The Bertz CT molecular complexity index is 824. The molecule has 1 heterocycles. The van der Waals surface area contributed by atoms with E-state index in [1.165, 1.54) is 16.7 Å². The first-order valence-electron chi connectivity index (χ1n) is 5.87. The highest BCUT2D eigenvalue weighted by Gasteiger charge is 2.16. The van der Waals surface area contributed by atoms with Gasteiger partial charge in [-0.1, -0.05) is 6.07 Å². The minimum Gasteiger partial charge on any atom is -0.369 e. The molecule has 2 aromatic carbocycles. The topological polar surface area (TPSA) is 43.8 Å². The Balaban J connectivity index is 2.42. The third kappa shape index (κ3) is 1.80. The normalized spacial score (nSPS) is 11.2. The zero-order chi connectivity index (χ0) is 14.4. The van der Waals surface area contributed by atoms with Gasteiger partial charge in [-0.3, -0.25) is 4.57 Å². The first kappa shape index (κ1) is 12.5. The first-order valence-corrected chi connectivity index (χ1v) is 5.87. The number of anilines is 1. The van der Waals surface area contributed by atoms with Crippen molar-refractivity contribution >= 4 is 17.0 Å². The largest absolute Gasteiger partial charge is 0.369 e. The van der Waals surface area contributed by atoms with E-state index in [0.717, 1.165) is 12.1 Å². The highest BCUT2D eigenvalue weighted by Crippen LogP contribution is 2.27. The van der Waals surface area contributed by atoms with E-state index in [0.29, 0.717) is 11.3 Å². The average Bonchev–Trinajstić information content (AvgIpc) is 2.69. The third-order valence-electron chi connectivity index (χ3n) is 3.12. The number of imidazole rings is 1. The second kappa shape index (κ2) is 4.26. The van der Waals surface area contributed by atoms with Crippen molar-refractivity contribution in [1.29, 1.82) is 0 Å². The van der Waals surface area contributed by atoms with Crippen molar-refractivity contribution in [2.75, 3.05) is 5.73 Å². The predicted octanol–water partition coefficient (Wildman–Crippen LogP) is 3.33. The van der Waals surface area contributed by atoms with Gasteiger partial charge >= 0.3 is 0 Å². The Morgan fingerprint density at radius 3 is 2.55 bits per heavy atom. The van der Waals surface area contributed by atoms with Gasteiger partial charge in [-0.05, 0) is 24.6 Å². The van der Waals surface area contributed by atoms with Crippen molar-refractivity contribution in [3.63, 3.8) is 0 Å². The molecule has 3 rings (SSSR count). The van der Waals surface area contributed by atoms with Crippen LogP contribution in [0, 0.1) is 24.4 Å². The summed E-state index contributed by atoms with van der Waals surface area (Å²) in [7, 11) is 0. The molecule has 2 N–H and O–H groups in total.